The van der Waals surface area contributed by atoms with Gasteiger partial charge in [0.15, 0.2) is 0 Å². The van der Waals surface area contributed by atoms with Crippen molar-refractivity contribution < 1.29 is 0 Å². The molecule has 0 saturated heterocycles. The Hall–Kier alpha value is -1.62. The first-order valence-electron chi connectivity index (χ1n) is 5.40. The Kier molecular flexibility index (Phi) is 2.48. The largest absolute Gasteiger partial charge is 0.354 e. The van der Waals surface area contributed by atoms with Crippen LogP contribution in [-0.2, 0) is 6.54 Å². The molecule has 0 amide bonds. The maximum Gasteiger partial charge on any atom is 0.204 e. The molecule has 4 nitrogen and oxygen atoms in total. The number of benzene rings is 1. The second-order valence-corrected chi connectivity index (χ2v) is 4.76. The van der Waals surface area contributed by atoms with Crippen LogP contribution in [0.3, 0.4) is 0 Å². The normalized spacial score (nSPS) is 13.2. The molecule has 86 valence electrons. The molecule has 2 aromatic rings. The van der Waals surface area contributed by atoms with E-state index in [0.717, 1.165) is 34.6 Å². The maximum absolute atomic E-state index is 8.22. The number of nitrogens with zero attached hydrogens (tertiary/aromatic N) is 2. The lowest BCUT2D eigenvalue weighted by atomic mass is 10.1. The second-order valence-electron chi connectivity index (χ2n) is 3.90. The molecular weight excluding hydrogens is 280 g/mol. The molecule has 0 bridgehead atoms. The molecule has 3 rings (SSSR count). The summed E-state index contributed by atoms with van der Waals surface area (Å²) in [5, 5.41) is 11.4. The van der Waals surface area contributed by atoms with Gasteiger partial charge in [-0.3, -0.25) is 9.98 Å². The Bertz CT molecular complexity index is 633. The lowest BCUT2D eigenvalue weighted by Crippen LogP contribution is -2.20. The average molecular weight is 291 g/mol. The van der Waals surface area contributed by atoms with Crippen molar-refractivity contribution in [2.24, 2.45) is 0 Å². The third kappa shape index (κ3) is 1.67. The quantitative estimate of drug-likeness (QED) is 0.846. The molecule has 0 aliphatic carbocycles. The van der Waals surface area contributed by atoms with Crippen LogP contribution >= 0.6 is 15.9 Å². The van der Waals surface area contributed by atoms with Gasteiger partial charge in [-0.1, -0.05) is 34.1 Å². The Balaban J connectivity index is 2.24. The SMILES string of the molecule is N=c1c(-c2ccccc2Br)cnc2n1CCN2. The zero-order valence-corrected chi connectivity index (χ0v) is 10.7. The topological polar surface area (TPSA) is 53.7 Å². The van der Waals surface area contributed by atoms with E-state index in [2.05, 4.69) is 26.2 Å². The molecule has 1 aromatic heterocycles. The zero-order chi connectivity index (χ0) is 11.8. The van der Waals surface area contributed by atoms with Crippen molar-refractivity contribution >= 4 is 21.9 Å². The first-order chi connectivity index (χ1) is 8.27. The number of anilines is 1. The van der Waals surface area contributed by atoms with Gasteiger partial charge in [-0.2, -0.15) is 0 Å². The number of fused-ring (bicyclic) bond motifs is 1. The molecule has 0 atom stereocenters. The molecule has 1 aliphatic heterocycles. The van der Waals surface area contributed by atoms with Crippen LogP contribution in [-0.4, -0.2) is 16.1 Å². The summed E-state index contributed by atoms with van der Waals surface area (Å²) >= 11 is 3.51. The minimum Gasteiger partial charge on any atom is -0.354 e. The molecule has 1 aromatic carbocycles. The highest BCUT2D eigenvalue weighted by atomic mass is 79.9. The third-order valence-corrected chi connectivity index (χ3v) is 3.57. The predicted molar refractivity (Wildman–Crippen MR) is 69.7 cm³/mol. The van der Waals surface area contributed by atoms with Crippen LogP contribution in [0.25, 0.3) is 11.1 Å². The smallest absolute Gasteiger partial charge is 0.204 e. The van der Waals surface area contributed by atoms with E-state index in [9.17, 15) is 0 Å². The van der Waals surface area contributed by atoms with Crippen molar-refractivity contribution in [3.63, 3.8) is 0 Å². The van der Waals surface area contributed by atoms with Crippen molar-refractivity contribution in [3.05, 3.63) is 40.4 Å². The van der Waals surface area contributed by atoms with Gasteiger partial charge < -0.3 is 5.32 Å². The standard InChI is InChI=1S/C12H11BrN4/c13-10-4-2-1-3-8(10)9-7-16-12-15-5-6-17(12)11(9)14/h1-4,7,14H,5-6H2,(H,15,16). The molecule has 0 fully saturated rings. The van der Waals surface area contributed by atoms with E-state index in [1.54, 1.807) is 6.20 Å². The lowest BCUT2D eigenvalue weighted by molar-refractivity contribution is 0.736. The number of hydrogen-bond acceptors (Lipinski definition) is 3. The third-order valence-electron chi connectivity index (χ3n) is 2.88. The molecule has 0 saturated carbocycles. The summed E-state index contributed by atoms with van der Waals surface area (Å²) in [7, 11) is 0. The van der Waals surface area contributed by atoms with Gasteiger partial charge in [-0.15, -0.1) is 0 Å². The highest BCUT2D eigenvalue weighted by Crippen LogP contribution is 2.25. The van der Waals surface area contributed by atoms with E-state index in [4.69, 9.17) is 5.41 Å². The van der Waals surface area contributed by atoms with Gasteiger partial charge in [0.1, 0.15) is 5.49 Å². The van der Waals surface area contributed by atoms with Gasteiger partial charge in [0.2, 0.25) is 5.95 Å². The van der Waals surface area contributed by atoms with E-state index in [-0.39, 0.29) is 0 Å². The summed E-state index contributed by atoms with van der Waals surface area (Å²) in [4.78, 5) is 4.35. The van der Waals surface area contributed by atoms with Crippen molar-refractivity contribution in [2.45, 2.75) is 6.54 Å². The number of aromatic nitrogens is 2. The second kappa shape index (κ2) is 4.00. The van der Waals surface area contributed by atoms with Crippen LogP contribution < -0.4 is 10.8 Å². The molecule has 5 heteroatoms. The summed E-state index contributed by atoms with van der Waals surface area (Å²) in [5.74, 6) is 0.783. The number of nitrogens with one attached hydrogen (secondary N) is 2. The first kappa shape index (κ1) is 10.5. The van der Waals surface area contributed by atoms with Crippen LogP contribution in [0.2, 0.25) is 0 Å². The van der Waals surface area contributed by atoms with Gasteiger partial charge in [-0.05, 0) is 6.07 Å². The van der Waals surface area contributed by atoms with Gasteiger partial charge in [0, 0.05) is 34.9 Å². The molecule has 0 radical (unpaired) electrons. The van der Waals surface area contributed by atoms with Gasteiger partial charge in [0.05, 0.1) is 0 Å². The summed E-state index contributed by atoms with van der Waals surface area (Å²) < 4.78 is 2.89. The summed E-state index contributed by atoms with van der Waals surface area (Å²) in [5.41, 5.74) is 2.36. The van der Waals surface area contributed by atoms with Crippen molar-refractivity contribution in [3.8, 4) is 11.1 Å². The molecule has 0 spiro atoms. The Morgan fingerprint density at radius 2 is 2.12 bits per heavy atom. The number of rotatable bonds is 1. The molecule has 0 unspecified atom stereocenters. The summed E-state index contributed by atoms with van der Waals surface area (Å²) in [6, 6.07) is 7.90. The Labute approximate surface area is 107 Å². The van der Waals surface area contributed by atoms with Crippen LogP contribution in [0.1, 0.15) is 0 Å². The minimum atomic E-state index is 0.506. The van der Waals surface area contributed by atoms with Crippen molar-refractivity contribution in [1.29, 1.82) is 5.41 Å². The van der Waals surface area contributed by atoms with Crippen molar-refractivity contribution in [2.75, 3.05) is 11.9 Å². The first-order valence-corrected chi connectivity index (χ1v) is 6.20. The lowest BCUT2D eigenvalue weighted by Gasteiger charge is -2.08. The highest BCUT2D eigenvalue weighted by Gasteiger charge is 2.14. The minimum absolute atomic E-state index is 0.506. The van der Waals surface area contributed by atoms with E-state index in [1.165, 1.54) is 0 Å². The summed E-state index contributed by atoms with van der Waals surface area (Å²) in [6.07, 6.45) is 1.76. The monoisotopic (exact) mass is 290 g/mol. The van der Waals surface area contributed by atoms with Crippen molar-refractivity contribution in [1.82, 2.24) is 9.55 Å². The molecule has 2 N–H and O–H groups in total. The average Bonchev–Trinajstić information content (AvgIpc) is 2.80. The van der Waals surface area contributed by atoms with Crippen LogP contribution in [0.4, 0.5) is 5.95 Å². The van der Waals surface area contributed by atoms with E-state index in [0.29, 0.717) is 5.49 Å². The van der Waals surface area contributed by atoms with Gasteiger partial charge in [-0.25, -0.2) is 4.98 Å². The fraction of sp³-hybridized carbons (Fsp3) is 0.167. The molecular formula is C12H11BrN4. The molecule has 2 heterocycles. The maximum atomic E-state index is 8.22. The van der Waals surface area contributed by atoms with Crippen LogP contribution in [0.15, 0.2) is 34.9 Å². The molecule has 17 heavy (non-hydrogen) atoms. The fourth-order valence-corrected chi connectivity index (χ4v) is 2.52. The number of halogens is 1. The van der Waals surface area contributed by atoms with Gasteiger partial charge in [0.25, 0.3) is 0 Å². The van der Waals surface area contributed by atoms with Gasteiger partial charge >= 0.3 is 0 Å². The van der Waals surface area contributed by atoms with E-state index in [1.807, 2.05) is 28.8 Å². The highest BCUT2D eigenvalue weighted by molar-refractivity contribution is 9.10. The fourth-order valence-electron chi connectivity index (χ4n) is 2.02. The van der Waals surface area contributed by atoms with Crippen LogP contribution in [0, 0.1) is 5.41 Å². The van der Waals surface area contributed by atoms with E-state index >= 15 is 0 Å². The Morgan fingerprint density at radius 3 is 2.94 bits per heavy atom. The predicted octanol–water partition coefficient (Wildman–Crippen LogP) is 2.22. The Morgan fingerprint density at radius 1 is 1.29 bits per heavy atom. The zero-order valence-electron chi connectivity index (χ0n) is 9.07. The van der Waals surface area contributed by atoms with Crippen LogP contribution in [0.5, 0.6) is 0 Å². The molecule has 1 aliphatic rings. The van der Waals surface area contributed by atoms with E-state index < -0.39 is 0 Å². The number of hydrogen-bond donors (Lipinski definition) is 2. The summed E-state index contributed by atoms with van der Waals surface area (Å²) in [6.45, 7) is 1.65.